The molecule has 126 valence electrons. The zero-order valence-electron chi connectivity index (χ0n) is 12.3. The maximum Gasteiger partial charge on any atom is 0.419 e. The van der Waals surface area contributed by atoms with Gasteiger partial charge in [0.2, 0.25) is 0 Å². The normalized spacial score (nSPS) is 18.1. The van der Waals surface area contributed by atoms with Gasteiger partial charge in [-0.25, -0.2) is 9.18 Å². The third-order valence-corrected chi connectivity index (χ3v) is 3.61. The number of benzene rings is 1. The van der Waals surface area contributed by atoms with E-state index in [1.54, 1.807) is 6.92 Å². The number of carbonyl (C=O) groups is 2. The maximum absolute atomic E-state index is 14.1. The molecule has 1 fully saturated rings. The van der Waals surface area contributed by atoms with E-state index < -0.39 is 41.0 Å². The molecule has 1 aliphatic rings. The van der Waals surface area contributed by atoms with Crippen molar-refractivity contribution in [2.24, 2.45) is 0 Å². The summed E-state index contributed by atoms with van der Waals surface area (Å²) in [6, 6.07) is 1.62. The summed E-state index contributed by atoms with van der Waals surface area (Å²) in [5, 5.41) is 0. The van der Waals surface area contributed by atoms with E-state index in [1.807, 2.05) is 0 Å². The Morgan fingerprint density at radius 1 is 1.35 bits per heavy atom. The Kier molecular flexibility index (Phi) is 4.91. The van der Waals surface area contributed by atoms with Gasteiger partial charge in [0.25, 0.3) is 5.91 Å². The van der Waals surface area contributed by atoms with Crippen molar-refractivity contribution in [3.05, 3.63) is 35.1 Å². The first-order valence-corrected chi connectivity index (χ1v) is 7.10. The molecule has 1 heterocycles. The van der Waals surface area contributed by atoms with Gasteiger partial charge in [-0.1, -0.05) is 6.07 Å². The summed E-state index contributed by atoms with van der Waals surface area (Å²) in [4.78, 5) is 25.3. The highest BCUT2D eigenvalue weighted by Crippen LogP contribution is 2.33. The summed E-state index contributed by atoms with van der Waals surface area (Å²) in [7, 11) is 0. The highest BCUT2D eigenvalue weighted by molar-refractivity contribution is 5.97. The average molecular weight is 333 g/mol. The van der Waals surface area contributed by atoms with Crippen LogP contribution in [0.4, 0.5) is 17.6 Å². The highest BCUT2D eigenvalue weighted by atomic mass is 19.4. The Morgan fingerprint density at radius 3 is 2.65 bits per heavy atom. The van der Waals surface area contributed by atoms with E-state index >= 15 is 0 Å². The van der Waals surface area contributed by atoms with Crippen molar-refractivity contribution in [2.45, 2.75) is 32.0 Å². The summed E-state index contributed by atoms with van der Waals surface area (Å²) in [5.74, 6) is -3.20. The molecule has 1 aromatic rings. The molecule has 0 spiro atoms. The second-order valence-corrected chi connectivity index (χ2v) is 5.07. The van der Waals surface area contributed by atoms with Crippen LogP contribution in [0.15, 0.2) is 18.2 Å². The quantitative estimate of drug-likeness (QED) is 0.631. The van der Waals surface area contributed by atoms with Crippen molar-refractivity contribution in [1.82, 2.24) is 4.90 Å². The Bertz CT molecular complexity index is 615. The fourth-order valence-electron chi connectivity index (χ4n) is 2.56. The van der Waals surface area contributed by atoms with Crippen molar-refractivity contribution < 1.29 is 31.9 Å². The number of esters is 1. The molecular weight excluding hydrogens is 318 g/mol. The number of halogens is 4. The lowest BCUT2D eigenvalue weighted by Gasteiger charge is -2.23. The van der Waals surface area contributed by atoms with Crippen LogP contribution in [0.2, 0.25) is 0 Å². The van der Waals surface area contributed by atoms with Crippen LogP contribution in [0.5, 0.6) is 0 Å². The molecule has 1 amide bonds. The Balaban J connectivity index is 2.32. The first-order chi connectivity index (χ1) is 10.8. The summed E-state index contributed by atoms with van der Waals surface area (Å²) >= 11 is 0. The largest absolute Gasteiger partial charge is 0.464 e. The number of hydrogen-bond donors (Lipinski definition) is 0. The van der Waals surface area contributed by atoms with Crippen molar-refractivity contribution in [2.75, 3.05) is 13.2 Å². The molecule has 2 rings (SSSR count). The fourth-order valence-corrected chi connectivity index (χ4v) is 2.56. The number of hydrogen-bond acceptors (Lipinski definition) is 3. The van der Waals surface area contributed by atoms with E-state index in [2.05, 4.69) is 0 Å². The van der Waals surface area contributed by atoms with Crippen LogP contribution < -0.4 is 0 Å². The lowest BCUT2D eigenvalue weighted by atomic mass is 10.1. The lowest BCUT2D eigenvalue weighted by molar-refractivity contribution is -0.147. The summed E-state index contributed by atoms with van der Waals surface area (Å²) < 4.78 is 57.1. The molecule has 8 heteroatoms. The smallest absolute Gasteiger partial charge is 0.419 e. The van der Waals surface area contributed by atoms with Gasteiger partial charge in [0.15, 0.2) is 0 Å². The zero-order valence-corrected chi connectivity index (χ0v) is 12.3. The van der Waals surface area contributed by atoms with Crippen LogP contribution in [0, 0.1) is 5.82 Å². The van der Waals surface area contributed by atoms with Gasteiger partial charge in [0.05, 0.1) is 17.7 Å². The summed E-state index contributed by atoms with van der Waals surface area (Å²) in [6.07, 6.45) is -4.06. The second-order valence-electron chi connectivity index (χ2n) is 5.07. The van der Waals surface area contributed by atoms with Crippen molar-refractivity contribution in [1.29, 1.82) is 0 Å². The van der Waals surface area contributed by atoms with Crippen molar-refractivity contribution in [3.8, 4) is 0 Å². The van der Waals surface area contributed by atoms with E-state index in [4.69, 9.17) is 4.74 Å². The van der Waals surface area contributed by atoms with Crippen LogP contribution >= 0.6 is 0 Å². The van der Waals surface area contributed by atoms with E-state index in [1.165, 1.54) is 0 Å². The molecule has 0 saturated carbocycles. The first kappa shape index (κ1) is 17.2. The lowest BCUT2D eigenvalue weighted by Crippen LogP contribution is -2.41. The Labute approximate surface area is 130 Å². The summed E-state index contributed by atoms with van der Waals surface area (Å²) in [5.41, 5.74) is -2.20. The molecule has 1 aliphatic heterocycles. The van der Waals surface area contributed by atoms with Crippen LogP contribution in [0.25, 0.3) is 0 Å². The van der Waals surface area contributed by atoms with Gasteiger partial charge in [-0.15, -0.1) is 0 Å². The molecule has 0 N–H and O–H groups in total. The molecule has 0 aliphatic carbocycles. The molecule has 1 aromatic carbocycles. The third-order valence-electron chi connectivity index (χ3n) is 3.61. The van der Waals surface area contributed by atoms with Gasteiger partial charge in [-0.05, 0) is 31.9 Å². The number of rotatable bonds is 3. The van der Waals surface area contributed by atoms with Crippen LogP contribution in [-0.2, 0) is 15.7 Å². The predicted molar refractivity (Wildman–Crippen MR) is 72.1 cm³/mol. The number of likely N-dealkylation sites (tertiary alicyclic amines) is 1. The zero-order chi connectivity index (χ0) is 17.2. The van der Waals surface area contributed by atoms with Crippen LogP contribution in [0.1, 0.15) is 35.7 Å². The SMILES string of the molecule is CCOC(=O)C1CCCN1C(=O)c1cccc(C(F)(F)F)c1F. The summed E-state index contributed by atoms with van der Waals surface area (Å²) in [6.45, 7) is 1.89. The third kappa shape index (κ3) is 3.46. The van der Waals surface area contributed by atoms with Crippen LogP contribution in [0.3, 0.4) is 0 Å². The van der Waals surface area contributed by atoms with Gasteiger partial charge in [-0.3, -0.25) is 4.79 Å². The molecule has 4 nitrogen and oxygen atoms in total. The van der Waals surface area contributed by atoms with Crippen molar-refractivity contribution in [3.63, 3.8) is 0 Å². The molecule has 1 saturated heterocycles. The molecule has 0 aromatic heterocycles. The monoisotopic (exact) mass is 333 g/mol. The Hall–Kier alpha value is -2.12. The molecule has 1 atom stereocenters. The molecule has 1 unspecified atom stereocenters. The van der Waals surface area contributed by atoms with E-state index in [9.17, 15) is 27.2 Å². The van der Waals surface area contributed by atoms with Gasteiger partial charge in [-0.2, -0.15) is 13.2 Å². The molecule has 23 heavy (non-hydrogen) atoms. The minimum Gasteiger partial charge on any atom is -0.464 e. The Morgan fingerprint density at radius 2 is 2.04 bits per heavy atom. The second kappa shape index (κ2) is 6.55. The highest BCUT2D eigenvalue weighted by Gasteiger charge is 2.39. The van der Waals surface area contributed by atoms with Crippen molar-refractivity contribution >= 4 is 11.9 Å². The van der Waals surface area contributed by atoms with Crippen LogP contribution in [-0.4, -0.2) is 36.0 Å². The van der Waals surface area contributed by atoms with E-state index in [-0.39, 0.29) is 13.2 Å². The van der Waals surface area contributed by atoms with Gasteiger partial charge < -0.3 is 9.64 Å². The number of ether oxygens (including phenoxy) is 1. The standard InChI is InChI=1S/C15H15F4NO3/c1-2-23-14(22)11-7-4-8-20(11)13(21)9-5-3-6-10(12(9)16)15(17,18)19/h3,5-6,11H,2,4,7-8H2,1H3. The van der Waals surface area contributed by atoms with Gasteiger partial charge in [0, 0.05) is 6.54 Å². The number of nitrogens with zero attached hydrogens (tertiary/aromatic N) is 1. The number of carbonyl (C=O) groups excluding carboxylic acids is 2. The molecule has 0 bridgehead atoms. The minimum atomic E-state index is -4.90. The predicted octanol–water partition coefficient (Wildman–Crippen LogP) is 3.01. The molecular formula is C15H15F4NO3. The molecule has 0 radical (unpaired) electrons. The number of amides is 1. The maximum atomic E-state index is 14.1. The van der Waals surface area contributed by atoms with Gasteiger partial charge in [0.1, 0.15) is 11.9 Å². The fraction of sp³-hybridized carbons (Fsp3) is 0.467. The average Bonchev–Trinajstić information content (AvgIpc) is 2.95. The van der Waals surface area contributed by atoms with Gasteiger partial charge >= 0.3 is 12.1 Å². The first-order valence-electron chi connectivity index (χ1n) is 7.10. The number of alkyl halides is 3. The minimum absolute atomic E-state index is 0.120. The van der Waals surface area contributed by atoms with E-state index in [0.717, 1.165) is 17.0 Å². The topological polar surface area (TPSA) is 46.6 Å². The van der Waals surface area contributed by atoms with E-state index in [0.29, 0.717) is 18.9 Å².